The molecule has 0 unspecified atom stereocenters. The maximum Gasteiger partial charge on any atom is 0.309 e. The molecule has 1 amide bonds. The second-order valence-electron chi connectivity index (χ2n) is 9.22. The highest BCUT2D eigenvalue weighted by atomic mass is 32.2. The average molecular weight is 515 g/mol. The van der Waals surface area contributed by atoms with Crippen LogP contribution in [0.2, 0.25) is 0 Å². The molecule has 2 saturated heterocycles. The highest BCUT2D eigenvalue weighted by Gasteiger charge is 2.39. The van der Waals surface area contributed by atoms with E-state index in [1.165, 1.54) is 16.3 Å². The van der Waals surface area contributed by atoms with E-state index < -0.39 is 0 Å². The Morgan fingerprint density at radius 3 is 2.49 bits per heavy atom. The third kappa shape index (κ3) is 4.76. The van der Waals surface area contributed by atoms with Crippen LogP contribution < -0.4 is 10.5 Å². The van der Waals surface area contributed by atoms with E-state index in [2.05, 4.69) is 4.90 Å². The monoisotopic (exact) mass is 514 g/mol. The van der Waals surface area contributed by atoms with Gasteiger partial charge in [-0.3, -0.25) is 23.9 Å². The van der Waals surface area contributed by atoms with Crippen LogP contribution in [0, 0.1) is 24.2 Å². The van der Waals surface area contributed by atoms with Gasteiger partial charge in [0.2, 0.25) is 0 Å². The lowest BCUT2D eigenvalue weighted by atomic mass is 9.95. The summed E-state index contributed by atoms with van der Waals surface area (Å²) in [6, 6.07) is 2.18. The molecule has 0 aromatic carbocycles. The van der Waals surface area contributed by atoms with E-state index in [0.29, 0.717) is 58.7 Å². The van der Waals surface area contributed by atoms with Crippen molar-refractivity contribution in [2.75, 3.05) is 24.6 Å². The van der Waals surface area contributed by atoms with E-state index >= 15 is 0 Å². The van der Waals surface area contributed by atoms with Gasteiger partial charge in [-0.05, 0) is 51.2 Å². The second-order valence-corrected chi connectivity index (χ2v) is 10.9. The number of rotatable bonds is 5. The number of ether oxygens (including phenoxy) is 1. The summed E-state index contributed by atoms with van der Waals surface area (Å²) in [5, 5.41) is 9.69. The minimum atomic E-state index is -0.372. The van der Waals surface area contributed by atoms with Crippen LogP contribution in [0.1, 0.15) is 62.1 Å². The van der Waals surface area contributed by atoms with E-state index in [1.54, 1.807) is 31.9 Å². The molecule has 1 aliphatic carbocycles. The maximum absolute atomic E-state index is 13.3. The molecule has 0 radical (unpaired) electrons. The van der Waals surface area contributed by atoms with E-state index in [1.807, 2.05) is 6.07 Å². The number of anilines is 1. The van der Waals surface area contributed by atoms with Crippen LogP contribution in [0.3, 0.4) is 0 Å². The predicted octanol–water partition coefficient (Wildman–Crippen LogP) is 3.49. The molecule has 3 heterocycles. The fourth-order valence-corrected chi connectivity index (χ4v) is 6.65. The number of carbonyl (C=O) groups is 2. The van der Waals surface area contributed by atoms with Crippen molar-refractivity contribution in [3.8, 4) is 6.07 Å². The van der Waals surface area contributed by atoms with Crippen LogP contribution in [0.15, 0.2) is 9.70 Å². The molecule has 0 N–H and O–H groups in total. The van der Waals surface area contributed by atoms with Crippen LogP contribution >= 0.6 is 24.0 Å². The van der Waals surface area contributed by atoms with E-state index in [-0.39, 0.29) is 35.0 Å². The van der Waals surface area contributed by atoms with Gasteiger partial charge in [-0.25, -0.2) is 0 Å². The highest BCUT2D eigenvalue weighted by molar-refractivity contribution is 8.26. The fourth-order valence-electron chi connectivity index (χ4n) is 5.27. The third-order valence-corrected chi connectivity index (χ3v) is 8.50. The molecule has 186 valence electrons. The smallest absolute Gasteiger partial charge is 0.309 e. The van der Waals surface area contributed by atoms with Crippen LogP contribution in [0.5, 0.6) is 0 Å². The molecule has 8 nitrogen and oxygen atoms in total. The summed E-state index contributed by atoms with van der Waals surface area (Å²) < 4.78 is 7.23. The fraction of sp³-hybridized carbons (Fsp3) is 0.560. The first-order chi connectivity index (χ1) is 16.8. The van der Waals surface area contributed by atoms with Crippen LogP contribution in [-0.4, -0.2) is 51.4 Å². The van der Waals surface area contributed by atoms with Gasteiger partial charge in [-0.15, -0.1) is 0 Å². The first-order valence-electron chi connectivity index (χ1n) is 12.1. The van der Waals surface area contributed by atoms with Crippen molar-refractivity contribution in [3.05, 3.63) is 31.9 Å². The van der Waals surface area contributed by atoms with Crippen molar-refractivity contribution in [3.63, 3.8) is 0 Å². The molecule has 35 heavy (non-hydrogen) atoms. The molecule has 0 spiro atoms. The molecular weight excluding hydrogens is 484 g/mol. The van der Waals surface area contributed by atoms with Crippen molar-refractivity contribution in [2.45, 2.75) is 58.4 Å². The number of thioether (sulfide) groups is 1. The topological polar surface area (TPSA) is 95.6 Å². The summed E-state index contributed by atoms with van der Waals surface area (Å²) in [7, 11) is 1.65. The zero-order valence-electron chi connectivity index (χ0n) is 20.3. The number of esters is 1. The third-order valence-electron chi connectivity index (χ3n) is 7.17. The van der Waals surface area contributed by atoms with Crippen molar-refractivity contribution >= 4 is 52.1 Å². The van der Waals surface area contributed by atoms with Gasteiger partial charge in [-0.2, -0.15) is 5.26 Å². The van der Waals surface area contributed by atoms with Crippen molar-refractivity contribution in [1.82, 2.24) is 9.47 Å². The van der Waals surface area contributed by atoms with E-state index in [4.69, 9.17) is 17.0 Å². The zero-order valence-corrected chi connectivity index (χ0v) is 22.0. The average Bonchev–Trinajstić information content (AvgIpc) is 3.46. The molecule has 1 aromatic rings. The normalized spacial score (nSPS) is 20.7. The second kappa shape index (κ2) is 10.5. The highest BCUT2D eigenvalue weighted by Crippen LogP contribution is 2.39. The minimum Gasteiger partial charge on any atom is -0.466 e. The Labute approximate surface area is 214 Å². The minimum absolute atomic E-state index is 0.0650. The number of aromatic nitrogens is 1. The zero-order chi connectivity index (χ0) is 25.3. The molecule has 2 aliphatic heterocycles. The lowest BCUT2D eigenvalue weighted by Gasteiger charge is -2.35. The van der Waals surface area contributed by atoms with Crippen LogP contribution in [0.25, 0.3) is 6.08 Å². The number of hydrogen-bond acceptors (Lipinski definition) is 8. The van der Waals surface area contributed by atoms with E-state index in [0.717, 1.165) is 25.7 Å². The van der Waals surface area contributed by atoms with Crippen LogP contribution in [0.4, 0.5) is 5.82 Å². The molecule has 0 bridgehead atoms. The van der Waals surface area contributed by atoms with Crippen molar-refractivity contribution in [1.29, 1.82) is 5.26 Å². The largest absolute Gasteiger partial charge is 0.466 e. The number of nitriles is 1. The summed E-state index contributed by atoms with van der Waals surface area (Å²) in [6.07, 6.45) is 7.10. The van der Waals surface area contributed by atoms with Gasteiger partial charge in [-0.1, -0.05) is 36.8 Å². The Morgan fingerprint density at radius 2 is 1.89 bits per heavy atom. The van der Waals surface area contributed by atoms with Crippen molar-refractivity contribution in [2.24, 2.45) is 13.0 Å². The number of amides is 1. The summed E-state index contributed by atoms with van der Waals surface area (Å²) in [6.45, 7) is 5.02. The van der Waals surface area contributed by atoms with Gasteiger partial charge in [0.05, 0.1) is 17.4 Å². The SMILES string of the molecule is CCOC(=O)C1CCN(c2c(C=C3SC(=S)N(C4CCCC4)C3=O)c(C)c(C#N)c(=O)n2C)CC1. The summed E-state index contributed by atoms with van der Waals surface area (Å²) in [4.78, 5) is 42.9. The maximum atomic E-state index is 13.3. The molecule has 1 aromatic heterocycles. The van der Waals surface area contributed by atoms with Gasteiger partial charge in [0.15, 0.2) is 0 Å². The lowest BCUT2D eigenvalue weighted by molar-refractivity contribution is -0.148. The number of pyridine rings is 1. The molecule has 4 rings (SSSR count). The van der Waals surface area contributed by atoms with Crippen LogP contribution in [-0.2, 0) is 21.4 Å². The Balaban J connectivity index is 1.72. The quantitative estimate of drug-likeness (QED) is 0.335. The summed E-state index contributed by atoms with van der Waals surface area (Å²) in [5.41, 5.74) is 0.910. The van der Waals surface area contributed by atoms with Gasteiger partial charge < -0.3 is 9.64 Å². The van der Waals surface area contributed by atoms with Gasteiger partial charge in [0.25, 0.3) is 11.5 Å². The molecule has 3 aliphatic rings. The number of piperidine rings is 1. The summed E-state index contributed by atoms with van der Waals surface area (Å²) in [5.74, 6) is 0.187. The van der Waals surface area contributed by atoms with Gasteiger partial charge in [0, 0.05) is 31.7 Å². The first-order valence-corrected chi connectivity index (χ1v) is 13.3. The Kier molecular flexibility index (Phi) is 7.67. The predicted molar refractivity (Wildman–Crippen MR) is 140 cm³/mol. The van der Waals surface area contributed by atoms with Crippen molar-refractivity contribution < 1.29 is 14.3 Å². The Morgan fingerprint density at radius 1 is 1.23 bits per heavy atom. The van der Waals surface area contributed by atoms with Gasteiger partial charge in [0.1, 0.15) is 21.8 Å². The molecule has 3 fully saturated rings. The lowest BCUT2D eigenvalue weighted by Crippen LogP contribution is -2.40. The van der Waals surface area contributed by atoms with E-state index in [9.17, 15) is 19.6 Å². The molecular formula is C25H30N4O4S2. The molecule has 1 saturated carbocycles. The number of thiocarbonyl (C=S) groups is 1. The summed E-state index contributed by atoms with van der Waals surface area (Å²) >= 11 is 6.84. The first kappa shape index (κ1) is 25.5. The molecule has 10 heteroatoms. The van der Waals surface area contributed by atoms with Gasteiger partial charge >= 0.3 is 5.97 Å². The standard InChI is InChI=1S/C25H30N4O4S2/c1-4-33-24(32)16-9-11-28(12-10-16)21-18(15(2)19(14-26)22(30)27(21)3)13-20-23(31)29(25(34)35-20)17-7-5-6-8-17/h13,16-17H,4-12H2,1-3H3. The Hall–Kier alpha value is -2.64. The number of carbonyl (C=O) groups excluding carboxylic acids is 2. The number of hydrogen-bond donors (Lipinski definition) is 0. The molecule has 0 atom stereocenters. The Bertz CT molecular complexity index is 1190. The number of nitrogens with zero attached hydrogens (tertiary/aromatic N) is 4.